The van der Waals surface area contributed by atoms with Crippen molar-refractivity contribution in [2.45, 2.75) is 76.9 Å². The Morgan fingerprint density at radius 2 is 2.00 bits per heavy atom. The topological polar surface area (TPSA) is 15.3 Å². The number of rotatable bonds is 2. The number of nitrogens with zero attached hydrogens (tertiary/aromatic N) is 1. The van der Waals surface area contributed by atoms with Gasteiger partial charge in [-0.25, -0.2) is 0 Å². The van der Waals surface area contributed by atoms with E-state index in [0.717, 1.165) is 18.1 Å². The van der Waals surface area contributed by atoms with Crippen molar-refractivity contribution in [2.75, 3.05) is 13.1 Å². The fourth-order valence-corrected chi connectivity index (χ4v) is 4.42. The van der Waals surface area contributed by atoms with Gasteiger partial charge in [0.2, 0.25) is 0 Å². The lowest BCUT2D eigenvalue weighted by Crippen LogP contribution is -2.47. The number of likely N-dealkylation sites (tertiary alicyclic amines) is 1. The van der Waals surface area contributed by atoms with Crippen molar-refractivity contribution in [3.63, 3.8) is 0 Å². The SMILES string of the molecule is CC1(C)CCC(N2CCCC2C2CCCN2)C1. The lowest BCUT2D eigenvalue weighted by atomic mass is 9.91. The highest BCUT2D eigenvalue weighted by Crippen LogP contribution is 2.42. The molecule has 98 valence electrons. The molecule has 3 atom stereocenters. The van der Waals surface area contributed by atoms with Crippen LogP contribution in [-0.2, 0) is 0 Å². The van der Waals surface area contributed by atoms with Crippen molar-refractivity contribution in [3.05, 3.63) is 0 Å². The molecule has 1 saturated carbocycles. The van der Waals surface area contributed by atoms with Crippen molar-refractivity contribution >= 4 is 0 Å². The first-order valence-corrected chi connectivity index (χ1v) is 7.65. The van der Waals surface area contributed by atoms with Crippen LogP contribution in [0.3, 0.4) is 0 Å². The highest BCUT2D eigenvalue weighted by molar-refractivity contribution is 4.98. The van der Waals surface area contributed by atoms with Crippen LogP contribution >= 0.6 is 0 Å². The lowest BCUT2D eigenvalue weighted by Gasteiger charge is -2.35. The van der Waals surface area contributed by atoms with E-state index < -0.39 is 0 Å². The predicted molar refractivity (Wildman–Crippen MR) is 72.2 cm³/mol. The van der Waals surface area contributed by atoms with Gasteiger partial charge in [-0.15, -0.1) is 0 Å². The van der Waals surface area contributed by atoms with Crippen LogP contribution in [0.2, 0.25) is 0 Å². The first-order valence-electron chi connectivity index (χ1n) is 7.65. The second-order valence-electron chi connectivity index (χ2n) is 7.21. The van der Waals surface area contributed by atoms with Crippen molar-refractivity contribution in [3.8, 4) is 0 Å². The number of hydrogen-bond acceptors (Lipinski definition) is 2. The van der Waals surface area contributed by atoms with Gasteiger partial charge in [0.05, 0.1) is 0 Å². The highest BCUT2D eigenvalue weighted by atomic mass is 15.2. The highest BCUT2D eigenvalue weighted by Gasteiger charge is 2.41. The third-order valence-electron chi connectivity index (χ3n) is 5.32. The Morgan fingerprint density at radius 3 is 2.65 bits per heavy atom. The van der Waals surface area contributed by atoms with Crippen LogP contribution in [0, 0.1) is 5.41 Å². The predicted octanol–water partition coefficient (Wildman–Crippen LogP) is 2.78. The molecule has 0 aromatic rings. The molecular weight excluding hydrogens is 208 g/mol. The molecule has 0 spiro atoms. The summed E-state index contributed by atoms with van der Waals surface area (Å²) >= 11 is 0. The molecule has 0 amide bonds. The Hall–Kier alpha value is -0.0800. The van der Waals surface area contributed by atoms with Crippen molar-refractivity contribution in [2.24, 2.45) is 5.41 Å². The summed E-state index contributed by atoms with van der Waals surface area (Å²) in [6.07, 6.45) is 9.97. The minimum absolute atomic E-state index is 0.598. The maximum absolute atomic E-state index is 3.73. The minimum Gasteiger partial charge on any atom is -0.312 e. The Balaban J connectivity index is 1.65. The summed E-state index contributed by atoms with van der Waals surface area (Å²) < 4.78 is 0. The molecule has 2 nitrogen and oxygen atoms in total. The Bertz CT molecular complexity index is 268. The van der Waals surface area contributed by atoms with Crippen LogP contribution < -0.4 is 5.32 Å². The molecule has 3 aliphatic rings. The van der Waals surface area contributed by atoms with Crippen LogP contribution in [-0.4, -0.2) is 36.1 Å². The second kappa shape index (κ2) is 4.55. The molecule has 2 saturated heterocycles. The van der Waals surface area contributed by atoms with Crippen molar-refractivity contribution in [1.29, 1.82) is 0 Å². The van der Waals surface area contributed by atoms with E-state index in [-0.39, 0.29) is 0 Å². The molecule has 3 unspecified atom stereocenters. The zero-order valence-corrected chi connectivity index (χ0v) is 11.5. The quantitative estimate of drug-likeness (QED) is 0.793. The van der Waals surface area contributed by atoms with Gasteiger partial charge in [-0.3, -0.25) is 4.90 Å². The van der Waals surface area contributed by atoms with Crippen LogP contribution in [0.4, 0.5) is 0 Å². The third kappa shape index (κ3) is 2.39. The van der Waals surface area contributed by atoms with Gasteiger partial charge in [0.1, 0.15) is 0 Å². The van der Waals surface area contributed by atoms with Gasteiger partial charge in [-0.1, -0.05) is 13.8 Å². The summed E-state index contributed by atoms with van der Waals surface area (Å²) in [7, 11) is 0. The van der Waals surface area contributed by atoms with E-state index in [9.17, 15) is 0 Å². The molecule has 1 aliphatic carbocycles. The monoisotopic (exact) mass is 236 g/mol. The van der Waals surface area contributed by atoms with Crippen LogP contribution in [0.25, 0.3) is 0 Å². The van der Waals surface area contributed by atoms with Gasteiger partial charge in [0.15, 0.2) is 0 Å². The molecule has 3 fully saturated rings. The molecule has 0 bridgehead atoms. The standard InChI is InChI=1S/C15H28N2/c1-15(2)8-7-12(11-15)17-10-4-6-14(17)13-5-3-9-16-13/h12-14,16H,3-11H2,1-2H3. The van der Waals surface area contributed by atoms with E-state index in [4.69, 9.17) is 0 Å². The summed E-state index contributed by atoms with van der Waals surface area (Å²) in [6.45, 7) is 7.52. The van der Waals surface area contributed by atoms with Crippen LogP contribution in [0.15, 0.2) is 0 Å². The maximum atomic E-state index is 3.73. The number of hydrogen-bond donors (Lipinski definition) is 1. The van der Waals surface area contributed by atoms with E-state index in [1.54, 1.807) is 0 Å². The summed E-state index contributed by atoms with van der Waals surface area (Å²) in [5.74, 6) is 0. The zero-order chi connectivity index (χ0) is 11.9. The van der Waals surface area contributed by atoms with Crippen LogP contribution in [0.1, 0.15) is 58.8 Å². The molecule has 0 radical (unpaired) electrons. The Kier molecular flexibility index (Phi) is 3.20. The molecule has 1 N–H and O–H groups in total. The molecule has 2 aliphatic heterocycles. The van der Waals surface area contributed by atoms with Gasteiger partial charge < -0.3 is 5.32 Å². The third-order valence-corrected chi connectivity index (χ3v) is 5.32. The fourth-order valence-electron chi connectivity index (χ4n) is 4.42. The van der Waals surface area contributed by atoms with E-state index in [1.165, 1.54) is 58.0 Å². The summed E-state index contributed by atoms with van der Waals surface area (Å²) in [5, 5.41) is 3.73. The largest absolute Gasteiger partial charge is 0.312 e. The molecule has 0 aromatic heterocycles. The zero-order valence-electron chi connectivity index (χ0n) is 11.5. The first-order chi connectivity index (χ1) is 8.16. The fraction of sp³-hybridized carbons (Fsp3) is 1.00. The maximum Gasteiger partial charge on any atom is 0.0252 e. The van der Waals surface area contributed by atoms with Gasteiger partial charge in [-0.05, 0) is 63.5 Å². The average Bonchev–Trinajstić information content (AvgIpc) is 2.93. The summed E-state index contributed by atoms with van der Waals surface area (Å²) in [5.41, 5.74) is 0.598. The molecule has 3 rings (SSSR count). The Labute approximate surface area is 106 Å². The summed E-state index contributed by atoms with van der Waals surface area (Å²) in [4.78, 5) is 2.87. The first kappa shape index (κ1) is 12.0. The van der Waals surface area contributed by atoms with E-state index in [0.29, 0.717) is 5.41 Å². The van der Waals surface area contributed by atoms with E-state index >= 15 is 0 Å². The average molecular weight is 236 g/mol. The van der Waals surface area contributed by atoms with Crippen molar-refractivity contribution in [1.82, 2.24) is 10.2 Å². The molecule has 17 heavy (non-hydrogen) atoms. The number of nitrogens with one attached hydrogen (secondary N) is 1. The van der Waals surface area contributed by atoms with Gasteiger partial charge in [0, 0.05) is 18.1 Å². The lowest BCUT2D eigenvalue weighted by molar-refractivity contribution is 0.146. The van der Waals surface area contributed by atoms with Crippen molar-refractivity contribution < 1.29 is 0 Å². The smallest absolute Gasteiger partial charge is 0.0252 e. The van der Waals surface area contributed by atoms with Gasteiger partial charge >= 0.3 is 0 Å². The van der Waals surface area contributed by atoms with Crippen LogP contribution in [0.5, 0.6) is 0 Å². The molecule has 2 heterocycles. The van der Waals surface area contributed by atoms with Gasteiger partial charge in [0.25, 0.3) is 0 Å². The summed E-state index contributed by atoms with van der Waals surface area (Å²) in [6, 6.07) is 2.55. The Morgan fingerprint density at radius 1 is 1.12 bits per heavy atom. The van der Waals surface area contributed by atoms with E-state index in [1.807, 2.05) is 0 Å². The second-order valence-corrected chi connectivity index (χ2v) is 7.21. The minimum atomic E-state index is 0.598. The molecule has 0 aromatic carbocycles. The molecular formula is C15H28N2. The van der Waals surface area contributed by atoms with Gasteiger partial charge in [-0.2, -0.15) is 0 Å². The normalized spacial score (nSPS) is 42.4. The van der Waals surface area contributed by atoms with E-state index in [2.05, 4.69) is 24.1 Å². The molecule has 2 heteroatoms.